The van der Waals surface area contributed by atoms with E-state index in [1.54, 1.807) is 0 Å². The molecule has 0 aliphatic heterocycles. The van der Waals surface area contributed by atoms with Gasteiger partial charge in [0.25, 0.3) is 7.05 Å². The van der Waals surface area contributed by atoms with E-state index in [1.807, 2.05) is 0 Å². The van der Waals surface area contributed by atoms with Crippen molar-refractivity contribution < 1.29 is 40.1 Å². The van der Waals surface area contributed by atoms with E-state index in [2.05, 4.69) is 10.7 Å². The molecule has 0 fully saturated rings. The molecule has 0 aliphatic rings. The average Bonchev–Trinajstić information content (AvgIpc) is 1.75. The zero-order valence-electron chi connectivity index (χ0n) is 6.33. The molecule has 0 aromatic rings. The molecule has 0 amide bonds. The Morgan fingerprint density at radius 2 is 1.55 bits per heavy atom. The van der Waals surface area contributed by atoms with Crippen molar-refractivity contribution in [1.82, 2.24) is 0 Å². The summed E-state index contributed by atoms with van der Waals surface area (Å²) in [6, 6.07) is 0. The standard InChI is InChI=1S/CH3N2.CH5N.CH4.HNO2.Na.H2S/c1-3-2;1-2;;2-1-3;;/h1H3;2H2,1H3;1H4;1H;;1H2/q+1;;;;+1;/p+1. The van der Waals surface area contributed by atoms with Gasteiger partial charge in [-0.15, -0.1) is 0 Å². The molecule has 0 saturated carbocycles. The van der Waals surface area contributed by atoms with Gasteiger partial charge in [0.1, 0.15) is 4.98 Å². The van der Waals surface area contributed by atoms with E-state index in [0.29, 0.717) is 5.34 Å². The van der Waals surface area contributed by atoms with Gasteiger partial charge in [-0.05, 0) is 7.05 Å². The van der Waals surface area contributed by atoms with Crippen molar-refractivity contribution in [2.45, 2.75) is 7.43 Å². The Labute approximate surface area is 95.8 Å². The number of diazo groups is 1. The van der Waals surface area contributed by atoms with Crippen LogP contribution in [0.5, 0.6) is 0 Å². The second-order valence-electron chi connectivity index (χ2n) is 0.291. The maximum Gasteiger partial charge on any atom is 1.00 e. The van der Waals surface area contributed by atoms with Crippen LogP contribution in [0.25, 0.3) is 4.98 Å². The molecule has 0 spiro atoms. The van der Waals surface area contributed by atoms with Gasteiger partial charge in [0.15, 0.2) is 5.34 Å². The Kier molecular flexibility index (Phi) is 734. The molecule has 8 heteroatoms. The van der Waals surface area contributed by atoms with Gasteiger partial charge in [-0.3, -0.25) is 0 Å². The van der Waals surface area contributed by atoms with Crippen LogP contribution in [0.2, 0.25) is 0 Å². The number of hydrogen-bond donors (Lipinski definition) is 3. The Bertz CT molecular complexity index is 68.8. The SMILES string of the molecule is C.CN.C[N+]#N.O=[NH+]O.S.[Na+]. The average molecular weight is 195 g/mol. The van der Waals surface area contributed by atoms with Crippen LogP contribution in [-0.4, -0.2) is 19.3 Å². The summed E-state index contributed by atoms with van der Waals surface area (Å²) < 4.78 is 0. The normalized spacial score (nSPS) is 2.36. The predicted molar refractivity (Wildman–Crippen MR) is 44.3 cm³/mol. The van der Waals surface area contributed by atoms with Crippen molar-refractivity contribution in [1.29, 1.82) is 5.39 Å². The zero-order chi connectivity index (χ0) is 7.41. The Balaban J connectivity index is -0.00000000764. The zero-order valence-corrected chi connectivity index (χ0v) is 9.33. The molecule has 6 nitrogen and oxygen atoms in total. The Morgan fingerprint density at radius 1 is 1.55 bits per heavy atom. The molecule has 0 rings (SSSR count). The fourth-order valence-corrected chi connectivity index (χ4v) is 0. The smallest absolute Gasteiger partial charge is 0.333 e. The molecule has 0 atom stereocenters. The van der Waals surface area contributed by atoms with E-state index in [9.17, 15) is 0 Å². The predicted octanol–water partition coefficient (Wildman–Crippen LogP) is -3.98. The van der Waals surface area contributed by atoms with Crippen LogP contribution in [0, 0.1) is 10.3 Å². The summed E-state index contributed by atoms with van der Waals surface area (Å²) in [7, 11) is 2.81. The van der Waals surface area contributed by atoms with E-state index in [0.717, 1.165) is 0 Å². The van der Waals surface area contributed by atoms with Crippen LogP contribution in [0.1, 0.15) is 7.43 Å². The van der Waals surface area contributed by atoms with E-state index in [1.165, 1.54) is 14.1 Å². The molecule has 0 bridgehead atoms. The van der Waals surface area contributed by atoms with Crippen molar-refractivity contribution in [2.24, 2.45) is 5.73 Å². The number of nitrogens with two attached hydrogens (primary N) is 1. The minimum Gasteiger partial charge on any atom is -0.333 e. The molecule has 11 heavy (non-hydrogen) atoms. The fraction of sp³-hybridized carbons (Fsp3) is 1.00. The van der Waals surface area contributed by atoms with E-state index >= 15 is 0 Å². The number of hydrogen-bond acceptors (Lipinski definition) is 3. The first-order valence-corrected chi connectivity index (χ1v) is 1.65. The summed E-state index contributed by atoms with van der Waals surface area (Å²) in [5.74, 6) is 0. The Morgan fingerprint density at radius 3 is 1.55 bits per heavy atom. The van der Waals surface area contributed by atoms with Gasteiger partial charge in [0.05, 0.1) is 4.91 Å². The second-order valence-corrected chi connectivity index (χ2v) is 0.291. The van der Waals surface area contributed by atoms with Crippen molar-refractivity contribution in [3.8, 4) is 0 Å². The number of rotatable bonds is 0. The minimum atomic E-state index is 0. The molecule has 0 radical (unpaired) electrons. The topological polar surface area (TPSA) is 105 Å². The first-order chi connectivity index (χ1) is 3.83. The van der Waals surface area contributed by atoms with Crippen molar-refractivity contribution in [3.05, 3.63) is 9.88 Å². The summed E-state index contributed by atoms with van der Waals surface area (Å²) in [5.41, 5.74) is 4.50. The molecule has 0 aliphatic carbocycles. The first-order valence-electron chi connectivity index (χ1n) is 1.65. The van der Waals surface area contributed by atoms with E-state index < -0.39 is 0 Å². The number of nitrogens with one attached hydrogen (secondary N) is 1. The van der Waals surface area contributed by atoms with Crippen LogP contribution in [0.15, 0.2) is 0 Å². The molecule has 0 saturated heterocycles. The quantitative estimate of drug-likeness (QED) is 0.208. The van der Waals surface area contributed by atoms with E-state index in [-0.39, 0.29) is 50.5 Å². The van der Waals surface area contributed by atoms with Gasteiger partial charge >= 0.3 is 29.6 Å². The second kappa shape index (κ2) is 186. The van der Waals surface area contributed by atoms with Crippen molar-refractivity contribution in [3.63, 3.8) is 0 Å². The molecule has 4 N–H and O–H groups in total. The maximum absolute atomic E-state index is 8.24. The first kappa shape index (κ1) is 43.4. The molecule has 0 unspecified atom stereocenters. The molecule has 0 aromatic heterocycles. The molecular weight excluding hydrogens is 179 g/mol. The third-order valence-corrected chi connectivity index (χ3v) is 0. The third kappa shape index (κ3) is 39600. The fourth-order valence-electron chi connectivity index (χ4n) is 0. The van der Waals surface area contributed by atoms with Gasteiger partial charge in [0, 0.05) is 0 Å². The van der Waals surface area contributed by atoms with Crippen LogP contribution in [0.3, 0.4) is 0 Å². The summed E-state index contributed by atoms with van der Waals surface area (Å²) in [6.07, 6.45) is 0. The van der Waals surface area contributed by atoms with Crippen molar-refractivity contribution >= 4 is 13.5 Å². The summed E-state index contributed by atoms with van der Waals surface area (Å²) in [4.78, 5) is 10.7. The van der Waals surface area contributed by atoms with Crippen LogP contribution in [0.4, 0.5) is 0 Å². The van der Waals surface area contributed by atoms with Crippen LogP contribution < -0.4 is 40.6 Å². The monoisotopic (exact) mass is 195 g/mol. The third-order valence-electron chi connectivity index (χ3n) is 0. The molecule has 64 valence electrons. The maximum atomic E-state index is 8.24. The molecule has 0 heterocycles. The summed E-state index contributed by atoms with van der Waals surface area (Å²) >= 11 is 0. The van der Waals surface area contributed by atoms with Crippen LogP contribution in [-0.2, 0) is 0 Å². The van der Waals surface area contributed by atoms with Crippen molar-refractivity contribution in [2.75, 3.05) is 14.1 Å². The van der Waals surface area contributed by atoms with Gasteiger partial charge in [-0.25, -0.2) is 5.21 Å². The summed E-state index contributed by atoms with van der Waals surface area (Å²) in [6.45, 7) is 0. The minimum absolute atomic E-state index is 0. The van der Waals surface area contributed by atoms with Crippen LogP contribution >= 0.6 is 13.5 Å². The summed E-state index contributed by atoms with van der Waals surface area (Å²) in [5, 5.41) is 14.5. The van der Waals surface area contributed by atoms with Gasteiger partial charge < -0.3 is 5.73 Å². The molecule has 0 aromatic carbocycles. The Hall–Kier alpha value is 0.130. The van der Waals surface area contributed by atoms with Gasteiger partial charge in [-0.1, -0.05) is 7.43 Å². The van der Waals surface area contributed by atoms with Gasteiger partial charge in [-0.2, -0.15) is 13.5 Å². The van der Waals surface area contributed by atoms with E-state index in [4.69, 9.17) is 15.5 Å². The number of nitrogens with zero attached hydrogens (tertiary/aromatic N) is 2. The van der Waals surface area contributed by atoms with Gasteiger partial charge in [0.2, 0.25) is 5.39 Å². The molecular formula is C3H16N4NaO2S+3. The largest absolute Gasteiger partial charge is 1.00 e.